The number of nitriles is 1. The molecule has 0 aliphatic heterocycles. The van der Waals surface area contributed by atoms with Gasteiger partial charge in [0, 0.05) is 18.2 Å². The maximum Gasteiger partial charge on any atom is 0.534 e. The van der Waals surface area contributed by atoms with E-state index in [0.717, 1.165) is 11.1 Å². The third kappa shape index (κ3) is 7.58. The van der Waals surface area contributed by atoms with Crippen LogP contribution in [-0.4, -0.2) is 54.1 Å². The number of hydrogen-bond acceptors (Lipinski definition) is 9. The molecule has 178 valence electrons. The highest BCUT2D eigenvalue weighted by molar-refractivity contribution is 7.87. The first kappa shape index (κ1) is 25.8. The Bertz CT molecular complexity index is 1130. The Labute approximate surface area is 188 Å². The molecule has 2 rings (SSSR count). The average molecular weight is 487 g/mol. The van der Waals surface area contributed by atoms with Crippen molar-refractivity contribution in [2.24, 2.45) is 0 Å². The number of hydrogen-bond donors (Lipinski definition) is 1. The highest BCUT2D eigenvalue weighted by atomic mass is 32.2. The van der Waals surface area contributed by atoms with E-state index in [2.05, 4.69) is 19.5 Å². The molecular weight excluding hydrogens is 467 g/mol. The van der Waals surface area contributed by atoms with E-state index in [9.17, 15) is 26.4 Å². The lowest BCUT2D eigenvalue weighted by molar-refractivity contribution is -0.214. The topological polar surface area (TPSA) is 135 Å². The zero-order chi connectivity index (χ0) is 24.9. The van der Waals surface area contributed by atoms with Crippen molar-refractivity contribution in [1.82, 2.24) is 15.0 Å². The number of aromatic nitrogens is 2. The van der Waals surface area contributed by atoms with Crippen LogP contribution in [0.25, 0.3) is 11.3 Å². The van der Waals surface area contributed by atoms with Crippen LogP contribution in [-0.2, 0) is 19.8 Å². The quantitative estimate of drug-likeness (QED) is 0.245. The Kier molecular flexibility index (Phi) is 7.83. The molecule has 0 aliphatic rings. The summed E-state index contributed by atoms with van der Waals surface area (Å²) in [6.07, 6.45) is 0.450. The van der Waals surface area contributed by atoms with Crippen molar-refractivity contribution in [2.45, 2.75) is 31.9 Å². The smallest absolute Gasteiger partial charge is 0.355 e. The summed E-state index contributed by atoms with van der Waals surface area (Å²) in [4.78, 5) is 24.3. The van der Waals surface area contributed by atoms with Gasteiger partial charge in [-0.05, 0) is 32.9 Å². The van der Waals surface area contributed by atoms with E-state index in [0.29, 0.717) is 17.5 Å². The van der Waals surface area contributed by atoms with Crippen LogP contribution < -0.4 is 9.50 Å². The Morgan fingerprint density at radius 1 is 1.18 bits per heavy atom. The zero-order valence-corrected chi connectivity index (χ0v) is 18.6. The van der Waals surface area contributed by atoms with Crippen molar-refractivity contribution in [3.63, 3.8) is 0 Å². The van der Waals surface area contributed by atoms with Crippen LogP contribution in [0.3, 0.4) is 0 Å². The van der Waals surface area contributed by atoms with Crippen LogP contribution in [0.15, 0.2) is 30.3 Å². The molecular formula is C19H20F3N5O5S. The Morgan fingerprint density at radius 3 is 2.33 bits per heavy atom. The van der Waals surface area contributed by atoms with Gasteiger partial charge in [-0.1, -0.05) is 12.1 Å². The number of rotatable bonds is 9. The molecule has 0 unspecified atom stereocenters. The monoisotopic (exact) mass is 487 g/mol. The molecule has 2 aromatic rings. The van der Waals surface area contributed by atoms with E-state index in [1.54, 1.807) is 20.8 Å². The largest absolute Gasteiger partial charge is 0.534 e. The second-order valence-corrected chi connectivity index (χ2v) is 9.00. The van der Waals surface area contributed by atoms with Crippen molar-refractivity contribution >= 4 is 22.5 Å². The minimum absolute atomic E-state index is 0.0110. The summed E-state index contributed by atoms with van der Waals surface area (Å²) in [6.45, 7) is 5.21. The number of alkyl halides is 3. The third-order valence-electron chi connectivity index (χ3n) is 3.61. The Hall–Kier alpha value is -3.44. The maximum atomic E-state index is 12.7. The van der Waals surface area contributed by atoms with E-state index >= 15 is 0 Å². The van der Waals surface area contributed by atoms with Crippen molar-refractivity contribution < 1.29 is 35.4 Å². The SMILES string of the molecule is CC(C)(C)ON(C=O)CCNc1nc(OS(=O)(=O)C(F)(F)F)cc(-c2ccc(C#N)cc2)n1. The van der Waals surface area contributed by atoms with Gasteiger partial charge in [0.1, 0.15) is 0 Å². The number of halogens is 3. The molecule has 1 aromatic heterocycles. The van der Waals surface area contributed by atoms with Gasteiger partial charge in [-0.3, -0.25) is 9.63 Å². The molecule has 0 saturated heterocycles. The number of nitrogens with zero attached hydrogens (tertiary/aromatic N) is 4. The number of carbonyl (C=O) groups excluding carboxylic acids is 1. The summed E-state index contributed by atoms with van der Waals surface area (Å²) in [5.74, 6) is -1.13. The van der Waals surface area contributed by atoms with Crippen molar-refractivity contribution in [3.8, 4) is 23.2 Å². The molecule has 0 spiro atoms. The highest BCUT2D eigenvalue weighted by Crippen LogP contribution is 2.29. The van der Waals surface area contributed by atoms with Crippen LogP contribution in [0.2, 0.25) is 0 Å². The van der Waals surface area contributed by atoms with Crippen molar-refractivity contribution in [3.05, 3.63) is 35.9 Å². The minimum Gasteiger partial charge on any atom is -0.355 e. The van der Waals surface area contributed by atoms with Crippen LogP contribution in [0.4, 0.5) is 19.1 Å². The number of nitrogens with one attached hydrogen (secondary N) is 1. The average Bonchev–Trinajstić information content (AvgIpc) is 2.71. The molecule has 1 heterocycles. The molecule has 14 heteroatoms. The summed E-state index contributed by atoms with van der Waals surface area (Å²) in [5.41, 5.74) is -5.59. The summed E-state index contributed by atoms with van der Waals surface area (Å²) in [5, 5.41) is 12.6. The number of hydroxylamine groups is 2. The summed E-state index contributed by atoms with van der Waals surface area (Å²) in [6, 6.07) is 8.67. The van der Waals surface area contributed by atoms with E-state index in [-0.39, 0.29) is 24.7 Å². The third-order valence-corrected chi connectivity index (χ3v) is 4.57. The van der Waals surface area contributed by atoms with Crippen LogP contribution >= 0.6 is 0 Å². The molecule has 0 radical (unpaired) electrons. The van der Waals surface area contributed by atoms with E-state index in [4.69, 9.17) is 10.1 Å². The van der Waals surface area contributed by atoms with Crippen LogP contribution in [0, 0.1) is 11.3 Å². The van der Waals surface area contributed by atoms with Gasteiger partial charge < -0.3 is 9.50 Å². The predicted octanol–water partition coefficient (Wildman–Crippen LogP) is 2.84. The Balaban J connectivity index is 2.32. The van der Waals surface area contributed by atoms with Crippen molar-refractivity contribution in [1.29, 1.82) is 5.26 Å². The van der Waals surface area contributed by atoms with Gasteiger partial charge in [0.15, 0.2) is 0 Å². The van der Waals surface area contributed by atoms with Crippen LogP contribution in [0.5, 0.6) is 5.88 Å². The van der Waals surface area contributed by atoms with Gasteiger partial charge in [0.25, 0.3) is 0 Å². The maximum absolute atomic E-state index is 12.7. The summed E-state index contributed by atoms with van der Waals surface area (Å²) < 4.78 is 65.2. The molecule has 0 saturated carbocycles. The molecule has 0 fully saturated rings. The molecule has 1 amide bonds. The van der Waals surface area contributed by atoms with Gasteiger partial charge in [-0.15, -0.1) is 0 Å². The molecule has 0 aliphatic carbocycles. The fraction of sp³-hybridized carbons (Fsp3) is 0.368. The van der Waals surface area contributed by atoms with E-state index in [1.165, 1.54) is 24.3 Å². The standard InChI is InChI=1S/C19H20F3N5O5S/c1-18(2,3)32-27(12-28)9-8-24-17-25-15(14-6-4-13(11-23)5-7-14)10-16(26-17)31-33(29,30)19(20,21)22/h4-7,10,12H,8-9H2,1-3H3,(H,24,25,26). The normalized spacial score (nSPS) is 12.0. The van der Waals surface area contributed by atoms with Gasteiger partial charge in [-0.25, -0.2) is 10.0 Å². The first-order valence-electron chi connectivity index (χ1n) is 9.29. The number of amides is 1. The molecule has 1 N–H and O–H groups in total. The molecule has 10 nitrogen and oxygen atoms in total. The zero-order valence-electron chi connectivity index (χ0n) is 17.8. The molecule has 0 bridgehead atoms. The number of benzene rings is 1. The Morgan fingerprint density at radius 2 is 1.82 bits per heavy atom. The second kappa shape index (κ2) is 10.0. The lowest BCUT2D eigenvalue weighted by Gasteiger charge is -2.26. The predicted molar refractivity (Wildman–Crippen MR) is 110 cm³/mol. The van der Waals surface area contributed by atoms with E-state index < -0.39 is 27.1 Å². The summed E-state index contributed by atoms with van der Waals surface area (Å²) >= 11 is 0. The van der Waals surface area contributed by atoms with Crippen LogP contribution in [0.1, 0.15) is 26.3 Å². The van der Waals surface area contributed by atoms with Gasteiger partial charge in [0.05, 0.1) is 29.5 Å². The first-order valence-corrected chi connectivity index (χ1v) is 10.7. The fourth-order valence-electron chi connectivity index (χ4n) is 2.32. The second-order valence-electron chi connectivity index (χ2n) is 7.46. The number of carbonyl (C=O) groups is 1. The molecule has 33 heavy (non-hydrogen) atoms. The minimum atomic E-state index is -5.97. The molecule has 0 atom stereocenters. The van der Waals surface area contributed by atoms with Gasteiger partial charge in [0.2, 0.25) is 18.2 Å². The lowest BCUT2D eigenvalue weighted by atomic mass is 10.1. The number of anilines is 1. The summed E-state index contributed by atoms with van der Waals surface area (Å²) in [7, 11) is -5.97. The first-order chi connectivity index (χ1) is 15.2. The highest BCUT2D eigenvalue weighted by Gasteiger charge is 2.49. The van der Waals surface area contributed by atoms with E-state index in [1.807, 2.05) is 6.07 Å². The van der Waals surface area contributed by atoms with Gasteiger partial charge >= 0.3 is 15.6 Å². The molecule has 1 aromatic carbocycles. The lowest BCUT2D eigenvalue weighted by Crippen LogP contribution is -2.36. The fourth-order valence-corrected chi connectivity index (χ4v) is 2.72. The van der Waals surface area contributed by atoms with Gasteiger partial charge in [-0.2, -0.15) is 31.8 Å². The van der Waals surface area contributed by atoms with Crippen molar-refractivity contribution in [2.75, 3.05) is 18.4 Å².